The highest BCUT2D eigenvalue weighted by molar-refractivity contribution is 7.09. The van der Waals surface area contributed by atoms with Crippen molar-refractivity contribution in [1.82, 2.24) is 15.6 Å². The van der Waals surface area contributed by atoms with Gasteiger partial charge < -0.3 is 16.4 Å². The van der Waals surface area contributed by atoms with E-state index in [-0.39, 0.29) is 12.3 Å². The van der Waals surface area contributed by atoms with Crippen molar-refractivity contribution in [3.63, 3.8) is 0 Å². The molecule has 1 aromatic heterocycles. The number of thiazole rings is 1. The number of rotatable bonds is 6. The molecule has 0 fully saturated rings. The molecule has 0 saturated carbocycles. The fourth-order valence-corrected chi connectivity index (χ4v) is 2.10. The molecular weight excluding hydrogens is 264 g/mol. The van der Waals surface area contributed by atoms with Gasteiger partial charge in [0.2, 0.25) is 5.91 Å². The van der Waals surface area contributed by atoms with Crippen LogP contribution in [0.25, 0.3) is 0 Å². The van der Waals surface area contributed by atoms with E-state index in [4.69, 9.17) is 17.3 Å². The highest BCUT2D eigenvalue weighted by Crippen LogP contribution is 2.11. The van der Waals surface area contributed by atoms with E-state index in [9.17, 15) is 9.59 Å². The number of amides is 3. The van der Waals surface area contributed by atoms with Crippen LogP contribution in [0.5, 0.6) is 0 Å². The van der Waals surface area contributed by atoms with Crippen molar-refractivity contribution < 1.29 is 9.59 Å². The molecule has 0 aliphatic rings. The van der Waals surface area contributed by atoms with Gasteiger partial charge in [-0.2, -0.15) is 0 Å². The van der Waals surface area contributed by atoms with Crippen molar-refractivity contribution in [2.24, 2.45) is 5.73 Å². The number of urea groups is 1. The Hall–Kier alpha value is -1.34. The summed E-state index contributed by atoms with van der Waals surface area (Å²) in [5.74, 6) is 0.201. The molecule has 1 heterocycles. The average molecular weight is 277 g/mol. The van der Waals surface area contributed by atoms with Crippen LogP contribution in [0.1, 0.15) is 10.7 Å². The van der Waals surface area contributed by atoms with Gasteiger partial charge in [0.05, 0.1) is 18.0 Å². The van der Waals surface area contributed by atoms with E-state index in [1.807, 2.05) is 5.38 Å². The van der Waals surface area contributed by atoms with Crippen molar-refractivity contribution in [3.05, 3.63) is 16.1 Å². The summed E-state index contributed by atoms with van der Waals surface area (Å²) in [6.45, 7) is 0.654. The Balaban J connectivity index is 2.22. The second-order valence-electron chi connectivity index (χ2n) is 3.18. The Morgan fingerprint density at radius 3 is 2.71 bits per heavy atom. The number of nitrogens with zero attached hydrogens (tertiary/aromatic N) is 1. The van der Waals surface area contributed by atoms with Gasteiger partial charge in [-0.05, 0) is 0 Å². The zero-order valence-corrected chi connectivity index (χ0v) is 10.6. The summed E-state index contributed by atoms with van der Waals surface area (Å²) in [6.07, 6.45) is 0.220. The first-order chi connectivity index (χ1) is 8.11. The summed E-state index contributed by atoms with van der Waals surface area (Å²) >= 11 is 7.00. The molecule has 4 N–H and O–H groups in total. The molecule has 0 spiro atoms. The molecule has 0 aliphatic heterocycles. The summed E-state index contributed by atoms with van der Waals surface area (Å²) in [5, 5.41) is 7.56. The predicted molar refractivity (Wildman–Crippen MR) is 66.0 cm³/mol. The quantitative estimate of drug-likeness (QED) is 0.512. The molecule has 6 nitrogen and oxygen atoms in total. The van der Waals surface area contributed by atoms with Crippen LogP contribution < -0.4 is 16.4 Å². The normalized spacial score (nSPS) is 9.94. The summed E-state index contributed by atoms with van der Waals surface area (Å²) in [5.41, 5.74) is 5.64. The maximum atomic E-state index is 11.4. The topological polar surface area (TPSA) is 97.1 Å². The van der Waals surface area contributed by atoms with Crippen molar-refractivity contribution in [1.29, 1.82) is 0 Å². The van der Waals surface area contributed by atoms with Gasteiger partial charge in [-0.25, -0.2) is 9.78 Å². The molecule has 0 aromatic carbocycles. The molecule has 3 amide bonds. The SMILES string of the molecule is NC(=O)NCCNC(=O)Cc1nc(CCl)cs1. The third-order valence-corrected chi connectivity index (χ3v) is 2.97. The van der Waals surface area contributed by atoms with E-state index in [2.05, 4.69) is 15.6 Å². The number of nitrogens with two attached hydrogens (primary N) is 1. The zero-order valence-electron chi connectivity index (χ0n) is 9.03. The minimum atomic E-state index is -0.606. The van der Waals surface area contributed by atoms with Gasteiger partial charge in [0.25, 0.3) is 0 Å². The first kappa shape index (κ1) is 13.7. The first-order valence-electron chi connectivity index (χ1n) is 4.91. The molecule has 94 valence electrons. The Morgan fingerprint density at radius 1 is 1.41 bits per heavy atom. The van der Waals surface area contributed by atoms with E-state index in [1.54, 1.807) is 0 Å². The first-order valence-corrected chi connectivity index (χ1v) is 6.32. The summed E-state index contributed by atoms with van der Waals surface area (Å²) in [4.78, 5) is 25.9. The van der Waals surface area contributed by atoms with Gasteiger partial charge in [0, 0.05) is 18.5 Å². The Morgan fingerprint density at radius 2 is 2.12 bits per heavy atom. The van der Waals surface area contributed by atoms with Crippen LogP contribution in [0, 0.1) is 0 Å². The standard InChI is InChI=1S/C9H13ClN4O2S/c10-4-6-5-17-8(14-6)3-7(15)12-1-2-13-9(11)16/h5H,1-4H2,(H,12,15)(H3,11,13,16). The van der Waals surface area contributed by atoms with Crippen LogP contribution in [-0.2, 0) is 17.1 Å². The molecule has 0 radical (unpaired) electrons. The van der Waals surface area contributed by atoms with Crippen LogP contribution in [0.3, 0.4) is 0 Å². The summed E-state index contributed by atoms with van der Waals surface area (Å²) in [7, 11) is 0. The molecule has 0 atom stereocenters. The maximum absolute atomic E-state index is 11.4. The van der Waals surface area contributed by atoms with Crippen LogP contribution >= 0.6 is 22.9 Å². The Bertz CT molecular complexity index is 396. The van der Waals surface area contributed by atoms with Crippen LogP contribution in [0.2, 0.25) is 0 Å². The number of hydrogen-bond acceptors (Lipinski definition) is 4. The maximum Gasteiger partial charge on any atom is 0.312 e. The second-order valence-corrected chi connectivity index (χ2v) is 4.39. The molecule has 0 saturated heterocycles. The molecule has 1 aromatic rings. The molecule has 0 unspecified atom stereocenters. The Labute approximate surface area is 108 Å². The smallest absolute Gasteiger partial charge is 0.312 e. The minimum Gasteiger partial charge on any atom is -0.354 e. The van der Waals surface area contributed by atoms with E-state index in [0.717, 1.165) is 10.7 Å². The van der Waals surface area contributed by atoms with Gasteiger partial charge in [-0.1, -0.05) is 0 Å². The number of carbonyl (C=O) groups is 2. The predicted octanol–water partition coefficient (Wildman–Crippen LogP) is 0.209. The number of nitrogens with one attached hydrogen (secondary N) is 2. The molecular formula is C9H13ClN4O2S. The molecule has 1 rings (SSSR count). The van der Waals surface area contributed by atoms with Crippen molar-refractivity contribution in [2.75, 3.05) is 13.1 Å². The van der Waals surface area contributed by atoms with Gasteiger partial charge in [0.15, 0.2) is 0 Å². The lowest BCUT2D eigenvalue weighted by atomic mass is 10.4. The molecule has 8 heteroatoms. The largest absolute Gasteiger partial charge is 0.354 e. The number of halogens is 1. The number of carbonyl (C=O) groups excluding carboxylic acids is 2. The lowest BCUT2D eigenvalue weighted by Crippen LogP contribution is -2.37. The van der Waals surface area contributed by atoms with E-state index in [0.29, 0.717) is 19.0 Å². The van der Waals surface area contributed by atoms with Gasteiger partial charge >= 0.3 is 6.03 Å². The number of alkyl halides is 1. The van der Waals surface area contributed by atoms with E-state index < -0.39 is 6.03 Å². The third kappa shape index (κ3) is 5.50. The van der Waals surface area contributed by atoms with E-state index >= 15 is 0 Å². The fourth-order valence-electron chi connectivity index (χ4n) is 1.08. The summed E-state index contributed by atoms with van der Waals surface area (Å²) in [6, 6.07) is -0.606. The second kappa shape index (κ2) is 7.08. The fraction of sp³-hybridized carbons (Fsp3) is 0.444. The minimum absolute atomic E-state index is 0.147. The zero-order chi connectivity index (χ0) is 12.7. The lowest BCUT2D eigenvalue weighted by molar-refractivity contribution is -0.120. The van der Waals surface area contributed by atoms with Crippen molar-refractivity contribution in [3.8, 4) is 0 Å². The summed E-state index contributed by atoms with van der Waals surface area (Å²) < 4.78 is 0. The lowest BCUT2D eigenvalue weighted by Gasteiger charge is -2.03. The van der Waals surface area contributed by atoms with Crippen LogP contribution in [0.15, 0.2) is 5.38 Å². The highest BCUT2D eigenvalue weighted by atomic mass is 35.5. The highest BCUT2D eigenvalue weighted by Gasteiger charge is 2.07. The third-order valence-electron chi connectivity index (χ3n) is 1.79. The van der Waals surface area contributed by atoms with Crippen molar-refractivity contribution in [2.45, 2.75) is 12.3 Å². The van der Waals surface area contributed by atoms with Crippen LogP contribution in [-0.4, -0.2) is 30.0 Å². The molecule has 0 bridgehead atoms. The van der Waals surface area contributed by atoms with Gasteiger partial charge in [0.1, 0.15) is 5.01 Å². The number of aromatic nitrogens is 1. The van der Waals surface area contributed by atoms with E-state index in [1.165, 1.54) is 11.3 Å². The average Bonchev–Trinajstić information content (AvgIpc) is 2.72. The number of hydrogen-bond donors (Lipinski definition) is 3. The van der Waals surface area contributed by atoms with Gasteiger partial charge in [-0.15, -0.1) is 22.9 Å². The van der Waals surface area contributed by atoms with Gasteiger partial charge in [-0.3, -0.25) is 4.79 Å². The Kier molecular flexibility index (Phi) is 5.71. The van der Waals surface area contributed by atoms with Crippen molar-refractivity contribution >= 4 is 34.9 Å². The molecule has 0 aliphatic carbocycles. The molecule has 17 heavy (non-hydrogen) atoms. The van der Waals surface area contributed by atoms with Crippen LogP contribution in [0.4, 0.5) is 4.79 Å². The number of primary amides is 1. The monoisotopic (exact) mass is 276 g/mol.